The van der Waals surface area contributed by atoms with Crippen molar-refractivity contribution in [2.24, 2.45) is 11.7 Å². The molecule has 0 spiro atoms. The molecule has 2 fully saturated rings. The summed E-state index contributed by atoms with van der Waals surface area (Å²) in [6.45, 7) is 2.09. The van der Waals surface area contributed by atoms with Crippen LogP contribution >= 0.6 is 0 Å². The van der Waals surface area contributed by atoms with Crippen LogP contribution in [0.3, 0.4) is 0 Å². The third-order valence-electron chi connectivity index (χ3n) is 3.69. The number of ether oxygens (including phenoxy) is 2. The molecule has 0 unspecified atom stereocenters. The zero-order valence-corrected chi connectivity index (χ0v) is 9.74. The van der Waals surface area contributed by atoms with Crippen LogP contribution in [-0.4, -0.2) is 31.3 Å². The van der Waals surface area contributed by atoms with E-state index in [4.69, 9.17) is 15.2 Å². The Kier molecular flexibility index (Phi) is 3.82. The third kappa shape index (κ3) is 2.74. The van der Waals surface area contributed by atoms with Crippen LogP contribution in [0, 0.1) is 5.92 Å². The predicted molar refractivity (Wildman–Crippen MR) is 59.9 cm³/mol. The molecular formula is C12H21NO3. The summed E-state index contributed by atoms with van der Waals surface area (Å²) in [7, 11) is 0. The minimum Gasteiger partial charge on any atom is -0.464 e. The highest BCUT2D eigenvalue weighted by molar-refractivity contribution is 5.80. The average molecular weight is 227 g/mol. The Morgan fingerprint density at radius 2 is 1.94 bits per heavy atom. The number of hydrogen-bond acceptors (Lipinski definition) is 4. The highest BCUT2D eigenvalue weighted by atomic mass is 16.5. The van der Waals surface area contributed by atoms with Crippen molar-refractivity contribution in [1.82, 2.24) is 0 Å². The smallest absolute Gasteiger partial charge is 0.326 e. The van der Waals surface area contributed by atoms with E-state index in [-0.39, 0.29) is 5.97 Å². The van der Waals surface area contributed by atoms with Gasteiger partial charge in [0.1, 0.15) is 5.54 Å². The van der Waals surface area contributed by atoms with E-state index in [9.17, 15) is 4.79 Å². The quantitative estimate of drug-likeness (QED) is 0.737. The van der Waals surface area contributed by atoms with Crippen LogP contribution < -0.4 is 5.73 Å². The van der Waals surface area contributed by atoms with Gasteiger partial charge in [0.05, 0.1) is 6.61 Å². The van der Waals surface area contributed by atoms with Gasteiger partial charge in [-0.2, -0.15) is 0 Å². The molecular weight excluding hydrogens is 206 g/mol. The fourth-order valence-corrected chi connectivity index (χ4v) is 2.46. The van der Waals surface area contributed by atoms with Crippen molar-refractivity contribution < 1.29 is 14.3 Å². The Balaban J connectivity index is 1.74. The Labute approximate surface area is 96.5 Å². The van der Waals surface area contributed by atoms with Crippen LogP contribution in [-0.2, 0) is 14.3 Å². The molecule has 4 heteroatoms. The van der Waals surface area contributed by atoms with E-state index < -0.39 is 5.54 Å². The molecule has 0 radical (unpaired) electrons. The van der Waals surface area contributed by atoms with Gasteiger partial charge < -0.3 is 15.2 Å². The summed E-state index contributed by atoms with van der Waals surface area (Å²) in [4.78, 5) is 11.8. The maximum absolute atomic E-state index is 11.8. The highest BCUT2D eigenvalue weighted by Crippen LogP contribution is 2.28. The molecule has 1 saturated heterocycles. The van der Waals surface area contributed by atoms with Crippen molar-refractivity contribution in [2.75, 3.05) is 19.8 Å². The summed E-state index contributed by atoms with van der Waals surface area (Å²) in [5.41, 5.74) is 5.33. The Bertz CT molecular complexity index is 243. The Morgan fingerprint density at radius 3 is 2.56 bits per heavy atom. The van der Waals surface area contributed by atoms with E-state index >= 15 is 0 Å². The monoisotopic (exact) mass is 227 g/mol. The second-order valence-corrected chi connectivity index (χ2v) is 5.02. The highest BCUT2D eigenvalue weighted by Gasteiger charge is 2.38. The summed E-state index contributed by atoms with van der Waals surface area (Å²) >= 11 is 0. The molecule has 1 aliphatic heterocycles. The molecule has 16 heavy (non-hydrogen) atoms. The molecule has 0 aromatic heterocycles. The Hall–Kier alpha value is -0.610. The van der Waals surface area contributed by atoms with Crippen molar-refractivity contribution in [3.8, 4) is 0 Å². The maximum atomic E-state index is 11.8. The largest absolute Gasteiger partial charge is 0.464 e. The fraction of sp³-hybridized carbons (Fsp3) is 0.917. The van der Waals surface area contributed by atoms with Crippen LogP contribution in [0.25, 0.3) is 0 Å². The molecule has 4 nitrogen and oxygen atoms in total. The van der Waals surface area contributed by atoms with Gasteiger partial charge >= 0.3 is 5.97 Å². The van der Waals surface area contributed by atoms with Crippen LogP contribution in [0.1, 0.15) is 38.5 Å². The lowest BCUT2D eigenvalue weighted by molar-refractivity contribution is -0.152. The van der Waals surface area contributed by atoms with Gasteiger partial charge in [-0.1, -0.05) is 12.8 Å². The maximum Gasteiger partial charge on any atom is 0.326 e. The molecule has 0 atom stereocenters. The van der Waals surface area contributed by atoms with E-state index in [2.05, 4.69) is 0 Å². The molecule has 2 N–H and O–H groups in total. The minimum absolute atomic E-state index is 0.198. The zero-order chi connectivity index (χ0) is 11.4. The number of esters is 1. The number of rotatable bonds is 3. The van der Waals surface area contributed by atoms with E-state index in [0.29, 0.717) is 12.5 Å². The van der Waals surface area contributed by atoms with Crippen LogP contribution in [0.15, 0.2) is 0 Å². The lowest BCUT2D eigenvalue weighted by atomic mass is 9.99. The topological polar surface area (TPSA) is 61.6 Å². The molecule has 2 rings (SSSR count). The summed E-state index contributed by atoms with van der Waals surface area (Å²) < 4.78 is 10.6. The van der Waals surface area contributed by atoms with E-state index in [0.717, 1.165) is 51.7 Å². The van der Waals surface area contributed by atoms with Crippen LogP contribution in [0.4, 0.5) is 0 Å². The number of carbonyl (C=O) groups is 1. The molecule has 0 amide bonds. The van der Waals surface area contributed by atoms with Gasteiger partial charge in [0.25, 0.3) is 0 Å². The SMILES string of the molecule is NC1(C(=O)OCC2CCOCC2)CCCC1. The molecule has 1 heterocycles. The van der Waals surface area contributed by atoms with Crippen LogP contribution in [0.5, 0.6) is 0 Å². The molecule has 0 bridgehead atoms. The number of nitrogens with two attached hydrogens (primary N) is 1. The van der Waals surface area contributed by atoms with E-state index in [1.165, 1.54) is 0 Å². The molecule has 0 aromatic carbocycles. The average Bonchev–Trinajstić information content (AvgIpc) is 2.76. The standard InChI is InChI=1S/C12H21NO3/c13-12(5-1-2-6-12)11(14)16-9-10-3-7-15-8-4-10/h10H,1-9,13H2. The first-order chi connectivity index (χ1) is 7.71. The molecule has 1 aliphatic carbocycles. The first-order valence-electron chi connectivity index (χ1n) is 6.24. The van der Waals surface area contributed by atoms with E-state index in [1.54, 1.807) is 0 Å². The third-order valence-corrected chi connectivity index (χ3v) is 3.69. The lowest BCUT2D eigenvalue weighted by Gasteiger charge is -2.25. The van der Waals surface area contributed by atoms with Crippen molar-refractivity contribution in [2.45, 2.75) is 44.1 Å². The summed E-state index contributed by atoms with van der Waals surface area (Å²) in [5, 5.41) is 0. The summed E-state index contributed by atoms with van der Waals surface area (Å²) in [6, 6.07) is 0. The van der Waals surface area contributed by atoms with Gasteiger partial charge in [0.15, 0.2) is 0 Å². The first-order valence-corrected chi connectivity index (χ1v) is 6.24. The molecule has 0 aromatic rings. The number of carbonyl (C=O) groups excluding carboxylic acids is 1. The molecule has 92 valence electrons. The van der Waals surface area contributed by atoms with Crippen molar-refractivity contribution >= 4 is 5.97 Å². The van der Waals surface area contributed by atoms with Gasteiger partial charge in [0.2, 0.25) is 0 Å². The van der Waals surface area contributed by atoms with Crippen molar-refractivity contribution in [3.05, 3.63) is 0 Å². The van der Waals surface area contributed by atoms with Gasteiger partial charge in [0, 0.05) is 13.2 Å². The van der Waals surface area contributed by atoms with Gasteiger partial charge in [-0.15, -0.1) is 0 Å². The van der Waals surface area contributed by atoms with Crippen LogP contribution in [0.2, 0.25) is 0 Å². The second-order valence-electron chi connectivity index (χ2n) is 5.02. The first kappa shape index (κ1) is 11.9. The Morgan fingerprint density at radius 1 is 1.31 bits per heavy atom. The zero-order valence-electron chi connectivity index (χ0n) is 9.74. The van der Waals surface area contributed by atoms with Crippen molar-refractivity contribution in [1.29, 1.82) is 0 Å². The summed E-state index contributed by atoms with van der Waals surface area (Å²) in [6.07, 6.45) is 5.63. The second kappa shape index (κ2) is 5.15. The summed E-state index contributed by atoms with van der Waals surface area (Å²) in [5.74, 6) is 0.263. The minimum atomic E-state index is -0.689. The normalized spacial score (nSPS) is 25.6. The van der Waals surface area contributed by atoms with Gasteiger partial charge in [-0.25, -0.2) is 0 Å². The lowest BCUT2D eigenvalue weighted by Crippen LogP contribution is -2.46. The van der Waals surface area contributed by atoms with Gasteiger partial charge in [-0.3, -0.25) is 4.79 Å². The van der Waals surface area contributed by atoms with Gasteiger partial charge in [-0.05, 0) is 31.6 Å². The van der Waals surface area contributed by atoms with Crippen molar-refractivity contribution in [3.63, 3.8) is 0 Å². The number of hydrogen-bond donors (Lipinski definition) is 1. The predicted octanol–water partition coefficient (Wildman–Crippen LogP) is 1.23. The van der Waals surface area contributed by atoms with E-state index in [1.807, 2.05) is 0 Å². The molecule has 1 saturated carbocycles. The fourth-order valence-electron chi connectivity index (χ4n) is 2.46. The molecule has 2 aliphatic rings.